The summed E-state index contributed by atoms with van der Waals surface area (Å²) in [6.45, 7) is 5.77. The summed E-state index contributed by atoms with van der Waals surface area (Å²) in [5, 5.41) is 8.93. The first-order valence-corrected chi connectivity index (χ1v) is 3.91. The van der Waals surface area contributed by atoms with Crippen LogP contribution in [0, 0.1) is 0 Å². The highest BCUT2D eigenvalue weighted by Gasteiger charge is 2.52. The average Bonchev–Trinajstić information content (AvgIpc) is 1.95. The number of hydrogen-bond acceptors (Lipinski definition) is 3. The molecule has 4 nitrogen and oxygen atoms in total. The second-order valence-electron chi connectivity index (χ2n) is 3.55. The highest BCUT2D eigenvalue weighted by molar-refractivity contribution is 5.78. The Morgan fingerprint density at radius 1 is 1.25 bits per heavy atom. The van der Waals surface area contributed by atoms with Gasteiger partial charge in [0.1, 0.15) is 5.60 Å². The maximum atomic E-state index is 10.9. The van der Waals surface area contributed by atoms with E-state index >= 15 is 0 Å². The van der Waals surface area contributed by atoms with Gasteiger partial charge in [0.05, 0.1) is 13.2 Å². The zero-order chi connectivity index (χ0) is 9.41. The fraction of sp³-hybridized carbons (Fsp3) is 0.875. The summed E-state index contributed by atoms with van der Waals surface area (Å²) in [5.74, 6) is -0.979. The molecule has 0 spiro atoms. The van der Waals surface area contributed by atoms with Gasteiger partial charge in [-0.25, -0.2) is 4.79 Å². The molecular formula is C8H14O4. The van der Waals surface area contributed by atoms with Crippen molar-refractivity contribution >= 4 is 5.97 Å². The number of carboxylic acid groups (broad SMARTS) is 1. The van der Waals surface area contributed by atoms with Gasteiger partial charge in [0.25, 0.3) is 0 Å². The Balaban J connectivity index is 2.91. The minimum absolute atomic E-state index is 0.340. The maximum absolute atomic E-state index is 10.9. The molecule has 12 heavy (non-hydrogen) atoms. The van der Waals surface area contributed by atoms with Crippen LogP contribution in [-0.4, -0.2) is 35.5 Å². The summed E-state index contributed by atoms with van der Waals surface area (Å²) in [5.41, 5.74) is -2.00. The second-order valence-corrected chi connectivity index (χ2v) is 3.55. The fourth-order valence-electron chi connectivity index (χ4n) is 1.17. The number of carbonyl (C=O) groups is 1. The summed E-state index contributed by atoms with van der Waals surface area (Å²) in [6, 6.07) is 0. The first-order valence-electron chi connectivity index (χ1n) is 3.91. The Kier molecular flexibility index (Phi) is 2.14. The van der Waals surface area contributed by atoms with E-state index in [-0.39, 0.29) is 0 Å². The zero-order valence-corrected chi connectivity index (χ0v) is 7.59. The van der Waals surface area contributed by atoms with Crippen LogP contribution in [0.1, 0.15) is 20.8 Å². The van der Waals surface area contributed by atoms with Crippen LogP contribution >= 0.6 is 0 Å². The van der Waals surface area contributed by atoms with Crippen molar-refractivity contribution in [2.75, 3.05) is 13.2 Å². The molecule has 1 N–H and O–H groups in total. The van der Waals surface area contributed by atoms with Crippen molar-refractivity contribution in [2.45, 2.75) is 32.0 Å². The molecule has 0 aliphatic carbocycles. The third kappa shape index (κ3) is 1.21. The summed E-state index contributed by atoms with van der Waals surface area (Å²) in [7, 11) is 0. The van der Waals surface area contributed by atoms with Gasteiger partial charge in [-0.05, 0) is 20.8 Å². The summed E-state index contributed by atoms with van der Waals surface area (Å²) in [6.07, 6.45) is 0. The minimum Gasteiger partial charge on any atom is -0.479 e. The Labute approximate surface area is 71.5 Å². The van der Waals surface area contributed by atoms with E-state index in [0.29, 0.717) is 13.2 Å². The van der Waals surface area contributed by atoms with Gasteiger partial charge in [-0.3, -0.25) is 0 Å². The second kappa shape index (κ2) is 2.71. The maximum Gasteiger partial charge on any atom is 0.338 e. The Morgan fingerprint density at radius 2 is 1.75 bits per heavy atom. The molecule has 1 saturated heterocycles. The van der Waals surface area contributed by atoms with E-state index in [9.17, 15) is 4.79 Å². The molecule has 0 aromatic carbocycles. The van der Waals surface area contributed by atoms with E-state index in [0.717, 1.165) is 0 Å². The molecule has 0 aromatic heterocycles. The highest BCUT2D eigenvalue weighted by atomic mass is 16.6. The Morgan fingerprint density at radius 3 is 2.08 bits per heavy atom. The molecule has 1 heterocycles. The van der Waals surface area contributed by atoms with E-state index in [1.54, 1.807) is 13.8 Å². The lowest BCUT2D eigenvalue weighted by Crippen LogP contribution is -2.60. The lowest BCUT2D eigenvalue weighted by Gasteiger charge is -2.43. The summed E-state index contributed by atoms with van der Waals surface area (Å²) < 4.78 is 10.6. The SMILES string of the molecule is CC1(C)OCCOC1(C)C(=O)O. The van der Waals surface area contributed by atoms with Crippen LogP contribution in [0.2, 0.25) is 0 Å². The molecule has 0 aromatic rings. The largest absolute Gasteiger partial charge is 0.479 e. The zero-order valence-electron chi connectivity index (χ0n) is 7.59. The smallest absolute Gasteiger partial charge is 0.338 e. The summed E-state index contributed by atoms with van der Waals surface area (Å²) in [4.78, 5) is 10.9. The third-order valence-electron chi connectivity index (χ3n) is 2.49. The molecule has 1 aliphatic rings. The van der Waals surface area contributed by atoms with Gasteiger partial charge in [-0.1, -0.05) is 0 Å². The average molecular weight is 174 g/mol. The van der Waals surface area contributed by atoms with Crippen LogP contribution in [-0.2, 0) is 14.3 Å². The van der Waals surface area contributed by atoms with Crippen LogP contribution in [0.15, 0.2) is 0 Å². The fourth-order valence-corrected chi connectivity index (χ4v) is 1.17. The van der Waals surface area contributed by atoms with E-state index in [1.165, 1.54) is 6.92 Å². The van der Waals surface area contributed by atoms with E-state index in [2.05, 4.69) is 0 Å². The normalized spacial score (nSPS) is 34.6. The molecule has 1 unspecified atom stereocenters. The van der Waals surface area contributed by atoms with Crippen LogP contribution < -0.4 is 0 Å². The van der Waals surface area contributed by atoms with Gasteiger partial charge >= 0.3 is 5.97 Å². The molecule has 4 heteroatoms. The Hall–Kier alpha value is -0.610. The van der Waals surface area contributed by atoms with Crippen molar-refractivity contribution in [3.8, 4) is 0 Å². The lowest BCUT2D eigenvalue weighted by atomic mass is 9.86. The first kappa shape index (κ1) is 9.48. The number of hydrogen-bond donors (Lipinski definition) is 1. The van der Waals surface area contributed by atoms with Crippen molar-refractivity contribution in [3.63, 3.8) is 0 Å². The van der Waals surface area contributed by atoms with Gasteiger partial charge in [0.15, 0.2) is 5.60 Å². The quantitative estimate of drug-likeness (QED) is 0.634. The number of aliphatic carboxylic acids is 1. The van der Waals surface area contributed by atoms with Gasteiger partial charge in [0.2, 0.25) is 0 Å². The van der Waals surface area contributed by atoms with Crippen LogP contribution in [0.25, 0.3) is 0 Å². The van der Waals surface area contributed by atoms with Crippen molar-refractivity contribution in [1.82, 2.24) is 0 Å². The number of rotatable bonds is 1. The predicted octanol–water partition coefficient (Wildman–Crippen LogP) is 0.655. The van der Waals surface area contributed by atoms with E-state index in [4.69, 9.17) is 14.6 Å². The van der Waals surface area contributed by atoms with Crippen molar-refractivity contribution < 1.29 is 19.4 Å². The predicted molar refractivity (Wildman–Crippen MR) is 42.0 cm³/mol. The number of ether oxygens (including phenoxy) is 2. The third-order valence-corrected chi connectivity index (χ3v) is 2.49. The molecule has 70 valence electrons. The molecule has 0 radical (unpaired) electrons. The molecule has 0 saturated carbocycles. The monoisotopic (exact) mass is 174 g/mol. The van der Waals surface area contributed by atoms with E-state index in [1.807, 2.05) is 0 Å². The van der Waals surface area contributed by atoms with Crippen LogP contribution in [0.3, 0.4) is 0 Å². The molecule has 1 atom stereocenters. The van der Waals surface area contributed by atoms with Crippen LogP contribution in [0.5, 0.6) is 0 Å². The lowest BCUT2D eigenvalue weighted by molar-refractivity contribution is -0.243. The molecule has 1 rings (SSSR count). The standard InChI is InChI=1S/C8H14O4/c1-7(2)8(3,6(9)10)12-5-4-11-7/h4-5H2,1-3H3,(H,9,10). The minimum atomic E-state index is -1.23. The van der Waals surface area contributed by atoms with Gasteiger partial charge in [0, 0.05) is 0 Å². The van der Waals surface area contributed by atoms with Gasteiger partial charge < -0.3 is 14.6 Å². The molecular weight excluding hydrogens is 160 g/mol. The molecule has 0 bridgehead atoms. The topological polar surface area (TPSA) is 55.8 Å². The van der Waals surface area contributed by atoms with Gasteiger partial charge in [-0.15, -0.1) is 0 Å². The molecule has 1 fully saturated rings. The van der Waals surface area contributed by atoms with Crippen molar-refractivity contribution in [2.24, 2.45) is 0 Å². The molecule has 1 aliphatic heterocycles. The number of carboxylic acids is 1. The van der Waals surface area contributed by atoms with Crippen molar-refractivity contribution in [3.05, 3.63) is 0 Å². The first-order chi connectivity index (χ1) is 5.40. The van der Waals surface area contributed by atoms with Crippen LogP contribution in [0.4, 0.5) is 0 Å². The van der Waals surface area contributed by atoms with Crippen molar-refractivity contribution in [1.29, 1.82) is 0 Å². The van der Waals surface area contributed by atoms with Gasteiger partial charge in [-0.2, -0.15) is 0 Å². The molecule has 0 amide bonds. The highest BCUT2D eigenvalue weighted by Crippen LogP contribution is 2.32. The van der Waals surface area contributed by atoms with E-state index < -0.39 is 17.2 Å². The Bertz CT molecular complexity index is 199. The summed E-state index contributed by atoms with van der Waals surface area (Å²) >= 11 is 0.